The Hall–Kier alpha value is -1.97. The predicted octanol–water partition coefficient (Wildman–Crippen LogP) is 4.31. The number of fused-ring (bicyclic) bond motifs is 3. The van der Waals surface area contributed by atoms with Crippen LogP contribution in [0.2, 0.25) is 0 Å². The van der Waals surface area contributed by atoms with Gasteiger partial charge >= 0.3 is 0 Å². The number of hydrogen-bond acceptors (Lipinski definition) is 4. The first kappa shape index (κ1) is 15.9. The number of Topliss-reactive ketones (excluding diaryl/α,β-unsaturated/α-hetero) is 1. The SMILES string of the molecule is CC1CCCC2(C)C1=C(O)C(=O)c1cc(C(C)C)c(O)c(O)c12. The number of aliphatic hydroxyl groups excluding tert-OH is 1. The Bertz CT molecular complexity index is 729. The monoisotopic (exact) mass is 316 g/mol. The summed E-state index contributed by atoms with van der Waals surface area (Å²) >= 11 is 0. The topological polar surface area (TPSA) is 77.8 Å². The zero-order valence-corrected chi connectivity index (χ0v) is 14.1. The van der Waals surface area contributed by atoms with Crippen molar-refractivity contribution in [3.8, 4) is 11.5 Å². The lowest BCUT2D eigenvalue weighted by Gasteiger charge is -2.44. The highest BCUT2D eigenvalue weighted by Crippen LogP contribution is 2.56. The highest BCUT2D eigenvalue weighted by Gasteiger charge is 2.48. The molecule has 1 saturated carbocycles. The van der Waals surface area contributed by atoms with Crippen molar-refractivity contribution in [3.05, 3.63) is 34.1 Å². The second-order valence-electron chi connectivity index (χ2n) is 7.46. The summed E-state index contributed by atoms with van der Waals surface area (Å²) in [5.41, 5.74) is 1.42. The fraction of sp³-hybridized carbons (Fsp3) is 0.526. The summed E-state index contributed by atoms with van der Waals surface area (Å²) in [6.07, 6.45) is 2.60. The van der Waals surface area contributed by atoms with Crippen molar-refractivity contribution in [2.75, 3.05) is 0 Å². The van der Waals surface area contributed by atoms with E-state index in [2.05, 4.69) is 0 Å². The lowest BCUT2D eigenvalue weighted by atomic mass is 9.59. The number of phenols is 2. The lowest BCUT2D eigenvalue weighted by Crippen LogP contribution is -2.39. The van der Waals surface area contributed by atoms with Crippen LogP contribution in [0.4, 0.5) is 0 Å². The molecule has 2 atom stereocenters. The van der Waals surface area contributed by atoms with E-state index in [1.807, 2.05) is 27.7 Å². The van der Waals surface area contributed by atoms with Crippen molar-refractivity contribution in [1.29, 1.82) is 0 Å². The predicted molar refractivity (Wildman–Crippen MR) is 88.2 cm³/mol. The van der Waals surface area contributed by atoms with Crippen LogP contribution >= 0.6 is 0 Å². The zero-order chi connectivity index (χ0) is 17.1. The average molecular weight is 316 g/mol. The molecule has 4 nitrogen and oxygen atoms in total. The maximum absolute atomic E-state index is 12.7. The minimum atomic E-state index is -0.609. The first-order valence-corrected chi connectivity index (χ1v) is 8.27. The standard InChI is InChI=1S/C19H24O4/c1-9(2)11-8-12-14(18(23)15(11)20)19(4)7-5-6-10(3)13(19)17(22)16(12)21/h8-10,20,22-23H,5-7H2,1-4H3. The van der Waals surface area contributed by atoms with E-state index in [9.17, 15) is 20.1 Å². The van der Waals surface area contributed by atoms with Crippen LogP contribution in [0, 0.1) is 5.92 Å². The molecule has 0 aromatic heterocycles. The number of benzene rings is 1. The van der Waals surface area contributed by atoms with Gasteiger partial charge < -0.3 is 15.3 Å². The van der Waals surface area contributed by atoms with Crippen molar-refractivity contribution in [3.63, 3.8) is 0 Å². The second kappa shape index (κ2) is 5.02. The molecular weight excluding hydrogens is 292 g/mol. The van der Waals surface area contributed by atoms with Gasteiger partial charge in [-0.25, -0.2) is 0 Å². The average Bonchev–Trinajstić information content (AvgIpc) is 2.47. The molecule has 0 aliphatic heterocycles. The third kappa shape index (κ3) is 2.00. The van der Waals surface area contributed by atoms with E-state index in [1.54, 1.807) is 6.07 Å². The van der Waals surface area contributed by atoms with Gasteiger partial charge in [-0.3, -0.25) is 4.79 Å². The van der Waals surface area contributed by atoms with Crippen LogP contribution in [0.3, 0.4) is 0 Å². The van der Waals surface area contributed by atoms with Crippen molar-refractivity contribution in [2.45, 2.75) is 58.3 Å². The van der Waals surface area contributed by atoms with Crippen molar-refractivity contribution in [1.82, 2.24) is 0 Å². The number of aliphatic hydroxyl groups is 1. The molecular formula is C19H24O4. The quantitative estimate of drug-likeness (QED) is 0.675. The first-order valence-electron chi connectivity index (χ1n) is 8.27. The molecule has 23 heavy (non-hydrogen) atoms. The van der Waals surface area contributed by atoms with Gasteiger partial charge in [-0.05, 0) is 36.3 Å². The normalized spacial score (nSPS) is 27.2. The highest BCUT2D eigenvalue weighted by atomic mass is 16.3. The number of aromatic hydroxyl groups is 2. The van der Waals surface area contributed by atoms with E-state index in [1.165, 1.54) is 0 Å². The Labute approximate surface area is 136 Å². The smallest absolute Gasteiger partial charge is 0.227 e. The summed E-state index contributed by atoms with van der Waals surface area (Å²) in [6, 6.07) is 1.63. The second-order valence-corrected chi connectivity index (χ2v) is 7.46. The van der Waals surface area contributed by atoms with Crippen molar-refractivity contribution >= 4 is 5.78 Å². The minimum Gasteiger partial charge on any atom is -0.504 e. The van der Waals surface area contributed by atoms with Gasteiger partial charge in [0.2, 0.25) is 5.78 Å². The third-order valence-electron chi connectivity index (χ3n) is 5.59. The Morgan fingerprint density at radius 2 is 1.87 bits per heavy atom. The molecule has 1 aromatic carbocycles. The number of carbonyl (C=O) groups is 1. The molecule has 0 bridgehead atoms. The zero-order valence-electron chi connectivity index (χ0n) is 14.1. The fourth-order valence-electron chi connectivity index (χ4n) is 4.45. The van der Waals surface area contributed by atoms with Crippen LogP contribution in [0.1, 0.15) is 74.4 Å². The van der Waals surface area contributed by atoms with Crippen LogP contribution in [0.15, 0.2) is 17.4 Å². The lowest BCUT2D eigenvalue weighted by molar-refractivity contribution is 0.0951. The molecule has 1 aromatic rings. The van der Waals surface area contributed by atoms with E-state index in [0.717, 1.165) is 19.3 Å². The van der Waals surface area contributed by atoms with Crippen LogP contribution in [-0.4, -0.2) is 21.1 Å². The maximum Gasteiger partial charge on any atom is 0.227 e. The summed E-state index contributed by atoms with van der Waals surface area (Å²) in [5.74, 6) is -0.930. The van der Waals surface area contributed by atoms with Crippen LogP contribution < -0.4 is 0 Å². The van der Waals surface area contributed by atoms with Crippen LogP contribution in [-0.2, 0) is 5.41 Å². The molecule has 124 valence electrons. The first-order chi connectivity index (χ1) is 10.7. The Morgan fingerprint density at radius 3 is 2.48 bits per heavy atom. The van der Waals surface area contributed by atoms with Crippen LogP contribution in [0.25, 0.3) is 0 Å². The molecule has 1 fully saturated rings. The van der Waals surface area contributed by atoms with E-state index in [4.69, 9.17) is 0 Å². The van der Waals surface area contributed by atoms with Crippen molar-refractivity contribution < 1.29 is 20.1 Å². The minimum absolute atomic E-state index is 0.0374. The van der Waals surface area contributed by atoms with E-state index in [-0.39, 0.29) is 29.1 Å². The number of allylic oxidation sites excluding steroid dienone is 2. The highest BCUT2D eigenvalue weighted by molar-refractivity contribution is 6.11. The molecule has 3 rings (SSSR count). The van der Waals surface area contributed by atoms with E-state index in [0.29, 0.717) is 22.3 Å². The summed E-state index contributed by atoms with van der Waals surface area (Å²) in [7, 11) is 0. The largest absolute Gasteiger partial charge is 0.504 e. The molecule has 3 N–H and O–H groups in total. The van der Waals surface area contributed by atoms with Crippen LogP contribution in [0.5, 0.6) is 11.5 Å². The van der Waals surface area contributed by atoms with Gasteiger partial charge in [0, 0.05) is 22.1 Å². The van der Waals surface area contributed by atoms with E-state index < -0.39 is 11.2 Å². The van der Waals surface area contributed by atoms with E-state index >= 15 is 0 Å². The van der Waals surface area contributed by atoms with Gasteiger partial charge in [0.05, 0.1) is 0 Å². The summed E-state index contributed by atoms with van der Waals surface area (Å²) in [5, 5.41) is 31.6. The Kier molecular flexibility index (Phi) is 3.47. The molecule has 0 spiro atoms. The van der Waals surface area contributed by atoms with Gasteiger partial charge in [0.15, 0.2) is 17.3 Å². The number of rotatable bonds is 1. The van der Waals surface area contributed by atoms with Gasteiger partial charge in [-0.2, -0.15) is 0 Å². The number of phenolic OH excluding ortho intramolecular Hbond substituents is 2. The molecule has 4 heteroatoms. The molecule has 0 amide bonds. The Balaban J connectivity index is 2.37. The summed E-state index contributed by atoms with van der Waals surface area (Å²) in [4.78, 5) is 12.7. The van der Waals surface area contributed by atoms with Gasteiger partial charge in [0.25, 0.3) is 0 Å². The Morgan fingerprint density at radius 1 is 1.22 bits per heavy atom. The molecule has 2 unspecified atom stereocenters. The van der Waals surface area contributed by atoms with Crippen molar-refractivity contribution in [2.24, 2.45) is 5.92 Å². The van der Waals surface area contributed by atoms with Gasteiger partial charge in [-0.15, -0.1) is 0 Å². The maximum atomic E-state index is 12.7. The molecule has 0 radical (unpaired) electrons. The number of ketones is 1. The van der Waals surface area contributed by atoms with Gasteiger partial charge in [-0.1, -0.05) is 34.1 Å². The molecule has 0 heterocycles. The molecule has 2 aliphatic rings. The summed E-state index contributed by atoms with van der Waals surface area (Å²) < 4.78 is 0. The third-order valence-corrected chi connectivity index (χ3v) is 5.59. The number of hydrogen-bond donors (Lipinski definition) is 3. The number of carbonyl (C=O) groups excluding carboxylic acids is 1. The molecule has 2 aliphatic carbocycles. The van der Waals surface area contributed by atoms with Gasteiger partial charge in [0.1, 0.15) is 0 Å². The fourth-order valence-corrected chi connectivity index (χ4v) is 4.45. The molecule has 0 saturated heterocycles. The summed E-state index contributed by atoms with van der Waals surface area (Å²) in [6.45, 7) is 7.73.